The van der Waals surface area contributed by atoms with Crippen LogP contribution in [0.4, 0.5) is 0 Å². The molecule has 90 valence electrons. The maximum Gasteiger partial charge on any atom is 0.0712 e. The van der Waals surface area contributed by atoms with E-state index in [4.69, 9.17) is 13.0 Å². The molecule has 1 saturated heterocycles. The van der Waals surface area contributed by atoms with Crippen molar-refractivity contribution in [3.05, 3.63) is 29.3 Å². The molecule has 1 aromatic carbocycles. The molecule has 2 atom stereocenters. The lowest BCUT2D eigenvalue weighted by molar-refractivity contribution is 0.247. The molecule has 0 spiro atoms. The number of hydrogen-bond donors (Lipinski definition) is 0. The molecule has 0 radical (unpaired) electrons. The van der Waals surface area contributed by atoms with Gasteiger partial charge in [-0.1, -0.05) is 11.6 Å². The molecule has 1 aliphatic heterocycles. The number of rotatable bonds is 2. The third kappa shape index (κ3) is 3.38. The van der Waals surface area contributed by atoms with Crippen molar-refractivity contribution in [1.82, 2.24) is 4.90 Å². The molecule has 1 aliphatic rings. The van der Waals surface area contributed by atoms with Crippen LogP contribution in [-0.2, 0) is 0 Å². The highest BCUT2D eigenvalue weighted by atomic mass is 35.5. The number of likely N-dealkylation sites (tertiary alicyclic amines) is 1. The van der Waals surface area contributed by atoms with E-state index in [9.17, 15) is 5.26 Å². The SMILES string of the molecule is [2H][C@]1(C#N)CN(C)CC[C@@H]1Sc1ccc(Cl)cc1. The largest absolute Gasteiger partial charge is 0.305 e. The fraction of sp³-hybridized carbons (Fsp3) is 0.462. The van der Waals surface area contributed by atoms with E-state index in [1.807, 2.05) is 31.3 Å². The Labute approximate surface area is 113 Å². The van der Waals surface area contributed by atoms with Crippen LogP contribution in [0.1, 0.15) is 7.79 Å². The van der Waals surface area contributed by atoms with Crippen LogP contribution in [-0.4, -0.2) is 30.3 Å². The maximum atomic E-state index is 9.26. The number of halogens is 1. The Kier molecular flexibility index (Phi) is 3.87. The van der Waals surface area contributed by atoms with Gasteiger partial charge in [-0.05, 0) is 44.3 Å². The number of thioether (sulfide) groups is 1. The lowest BCUT2D eigenvalue weighted by Gasteiger charge is -2.32. The van der Waals surface area contributed by atoms with Gasteiger partial charge in [0.1, 0.15) is 0 Å². The highest BCUT2D eigenvalue weighted by Gasteiger charge is 2.28. The summed E-state index contributed by atoms with van der Waals surface area (Å²) in [6.45, 7) is 1.45. The van der Waals surface area contributed by atoms with Crippen molar-refractivity contribution in [3.63, 3.8) is 0 Å². The molecular formula is C13H15ClN2S. The van der Waals surface area contributed by atoms with Crippen molar-refractivity contribution >= 4 is 23.4 Å². The number of piperidine rings is 1. The molecule has 0 aliphatic carbocycles. The van der Waals surface area contributed by atoms with Gasteiger partial charge < -0.3 is 4.90 Å². The van der Waals surface area contributed by atoms with Gasteiger partial charge in [0.05, 0.1) is 12.0 Å². The smallest absolute Gasteiger partial charge is 0.0712 e. The Morgan fingerprint density at radius 1 is 1.53 bits per heavy atom. The second-order valence-electron chi connectivity index (χ2n) is 4.22. The van der Waals surface area contributed by atoms with Crippen LogP contribution < -0.4 is 0 Å². The van der Waals surface area contributed by atoms with Gasteiger partial charge in [0, 0.05) is 23.1 Å². The predicted octanol–water partition coefficient (Wildman–Crippen LogP) is 3.28. The van der Waals surface area contributed by atoms with E-state index in [0.29, 0.717) is 11.6 Å². The molecule has 17 heavy (non-hydrogen) atoms. The monoisotopic (exact) mass is 267 g/mol. The first-order valence-electron chi connectivity index (χ1n) is 6.05. The third-order valence-electron chi connectivity index (χ3n) is 2.84. The predicted molar refractivity (Wildman–Crippen MR) is 72.3 cm³/mol. The van der Waals surface area contributed by atoms with Crippen molar-refractivity contribution in [2.75, 3.05) is 20.1 Å². The van der Waals surface area contributed by atoms with Crippen molar-refractivity contribution in [2.24, 2.45) is 5.89 Å². The van der Waals surface area contributed by atoms with Crippen LogP contribution in [0.3, 0.4) is 0 Å². The number of benzene rings is 1. The molecule has 1 fully saturated rings. The molecule has 4 heteroatoms. The Hall–Kier alpha value is -0.690. The molecule has 0 bridgehead atoms. The summed E-state index contributed by atoms with van der Waals surface area (Å²) in [7, 11) is 1.96. The van der Waals surface area contributed by atoms with E-state index >= 15 is 0 Å². The Bertz CT molecular complexity index is 459. The minimum absolute atomic E-state index is 0.0138. The molecule has 0 N–H and O–H groups in total. The molecule has 2 nitrogen and oxygen atoms in total. The fourth-order valence-electron chi connectivity index (χ4n) is 1.90. The Balaban J connectivity index is 2.12. The van der Waals surface area contributed by atoms with Crippen molar-refractivity contribution in [3.8, 4) is 6.07 Å². The number of nitrogens with zero attached hydrogens (tertiary/aromatic N) is 2. The highest BCUT2D eigenvalue weighted by Crippen LogP contribution is 2.33. The summed E-state index contributed by atoms with van der Waals surface area (Å²) in [5.41, 5.74) is 0. The van der Waals surface area contributed by atoms with Gasteiger partial charge in [-0.2, -0.15) is 5.26 Å². The van der Waals surface area contributed by atoms with E-state index in [0.717, 1.165) is 17.9 Å². The molecule has 0 amide bonds. The van der Waals surface area contributed by atoms with E-state index in [-0.39, 0.29) is 5.25 Å². The van der Waals surface area contributed by atoms with Crippen LogP contribution in [0.25, 0.3) is 0 Å². The van der Waals surface area contributed by atoms with Gasteiger partial charge >= 0.3 is 0 Å². The minimum Gasteiger partial charge on any atom is -0.305 e. The highest BCUT2D eigenvalue weighted by molar-refractivity contribution is 8.00. The molecule has 0 aromatic heterocycles. The second-order valence-corrected chi connectivity index (χ2v) is 5.94. The van der Waals surface area contributed by atoms with Gasteiger partial charge in [0.2, 0.25) is 0 Å². The molecule has 0 unspecified atom stereocenters. The van der Waals surface area contributed by atoms with Crippen LogP contribution in [0.15, 0.2) is 29.2 Å². The van der Waals surface area contributed by atoms with Gasteiger partial charge in [-0.3, -0.25) is 0 Å². The number of nitriles is 1. The zero-order valence-corrected chi connectivity index (χ0v) is 11.3. The first-order valence-corrected chi connectivity index (χ1v) is 6.81. The number of hydrogen-bond acceptors (Lipinski definition) is 3. The lowest BCUT2D eigenvalue weighted by atomic mass is 10.00. The zero-order chi connectivity index (χ0) is 13.2. The van der Waals surface area contributed by atoms with E-state index in [1.165, 1.54) is 0 Å². The first-order chi connectivity index (χ1) is 8.53. The minimum atomic E-state index is -1.03. The van der Waals surface area contributed by atoms with Gasteiger partial charge in [0.25, 0.3) is 0 Å². The summed E-state index contributed by atoms with van der Waals surface area (Å²) in [6.07, 6.45) is 0.862. The summed E-state index contributed by atoms with van der Waals surface area (Å²) in [4.78, 5) is 3.12. The van der Waals surface area contributed by atoms with Crippen LogP contribution in [0, 0.1) is 17.2 Å². The normalized spacial score (nSPS) is 30.6. The van der Waals surface area contributed by atoms with Crippen molar-refractivity contribution in [1.29, 1.82) is 5.26 Å². The molecule has 1 heterocycles. The topological polar surface area (TPSA) is 27.0 Å². The van der Waals surface area contributed by atoms with Gasteiger partial charge in [-0.15, -0.1) is 11.8 Å². The molecular weight excluding hydrogens is 252 g/mol. The van der Waals surface area contributed by atoms with E-state index in [2.05, 4.69) is 11.0 Å². The molecule has 1 aromatic rings. The Morgan fingerprint density at radius 2 is 2.24 bits per heavy atom. The fourth-order valence-corrected chi connectivity index (χ4v) is 3.14. The maximum absolute atomic E-state index is 9.26. The lowest BCUT2D eigenvalue weighted by Crippen LogP contribution is -2.38. The third-order valence-corrected chi connectivity index (χ3v) is 4.44. The summed E-state index contributed by atoms with van der Waals surface area (Å²) in [5, 5.41) is 9.98. The Morgan fingerprint density at radius 3 is 2.88 bits per heavy atom. The van der Waals surface area contributed by atoms with Crippen LogP contribution in [0.2, 0.25) is 5.02 Å². The standard InChI is InChI=1S/C13H15ClN2S/c1-16-7-6-13(10(8-15)9-16)17-12-4-2-11(14)3-5-12/h2-5,10,13H,6-7,9H2,1H3/t10-,13-/m0/s1/i10D. The van der Waals surface area contributed by atoms with Crippen LogP contribution in [0.5, 0.6) is 0 Å². The summed E-state index contributed by atoms with van der Waals surface area (Å²) in [5.74, 6) is -1.03. The van der Waals surface area contributed by atoms with Crippen molar-refractivity contribution < 1.29 is 1.37 Å². The zero-order valence-electron chi connectivity index (χ0n) is 10.7. The second kappa shape index (κ2) is 5.77. The van der Waals surface area contributed by atoms with Gasteiger partial charge in [0.15, 0.2) is 0 Å². The summed E-state index contributed by atoms with van der Waals surface area (Å²) in [6, 6.07) is 9.75. The summed E-state index contributed by atoms with van der Waals surface area (Å²) >= 11 is 7.46. The average Bonchev–Trinajstić information content (AvgIpc) is 2.35. The first kappa shape index (κ1) is 11.4. The molecule has 0 saturated carbocycles. The summed E-state index contributed by atoms with van der Waals surface area (Å²) < 4.78 is 8.30. The quantitative estimate of drug-likeness (QED) is 0.823. The van der Waals surface area contributed by atoms with E-state index < -0.39 is 5.89 Å². The van der Waals surface area contributed by atoms with Crippen molar-refractivity contribution in [2.45, 2.75) is 16.6 Å². The average molecular weight is 268 g/mol. The van der Waals surface area contributed by atoms with Gasteiger partial charge in [-0.25, -0.2) is 0 Å². The molecule has 2 rings (SSSR count). The van der Waals surface area contributed by atoms with E-state index in [1.54, 1.807) is 11.8 Å². The van der Waals surface area contributed by atoms with Crippen LogP contribution >= 0.6 is 23.4 Å².